The second kappa shape index (κ2) is 7.25. The standard InChI is InChI=1S/C25H35BO2S/c1-8-9-10-11-12-18-16-21-22(29-18)19-14-13-17(15-20(19)23(21,2)3)26-27-24(4,5)25(6,7)28-26/h13-16H,8-12H2,1-7H3. The summed E-state index contributed by atoms with van der Waals surface area (Å²) in [4.78, 5) is 3.01. The lowest BCUT2D eigenvalue weighted by atomic mass is 9.74. The Hall–Kier alpha value is -1.10. The minimum Gasteiger partial charge on any atom is -0.399 e. The highest BCUT2D eigenvalue weighted by molar-refractivity contribution is 7.15. The predicted octanol–water partition coefficient (Wildman–Crippen LogP) is 6.48. The van der Waals surface area contributed by atoms with Crippen molar-refractivity contribution in [2.24, 2.45) is 0 Å². The van der Waals surface area contributed by atoms with E-state index in [-0.39, 0.29) is 23.7 Å². The highest BCUT2D eigenvalue weighted by Crippen LogP contribution is 2.52. The summed E-state index contributed by atoms with van der Waals surface area (Å²) >= 11 is 2.00. The summed E-state index contributed by atoms with van der Waals surface area (Å²) in [6, 6.07) is 9.29. The summed E-state index contributed by atoms with van der Waals surface area (Å²) in [7, 11) is -0.297. The molecule has 0 unspecified atom stereocenters. The molecule has 29 heavy (non-hydrogen) atoms. The fourth-order valence-corrected chi connectivity index (χ4v) is 5.90. The van der Waals surface area contributed by atoms with Gasteiger partial charge in [-0.25, -0.2) is 0 Å². The summed E-state index contributed by atoms with van der Waals surface area (Å²) < 4.78 is 12.6. The molecule has 0 N–H and O–H groups in total. The van der Waals surface area contributed by atoms with Crippen LogP contribution in [0.25, 0.3) is 10.4 Å². The average Bonchev–Trinajstić information content (AvgIpc) is 3.22. The first-order valence-corrected chi connectivity index (χ1v) is 12.0. The summed E-state index contributed by atoms with van der Waals surface area (Å²) in [6.07, 6.45) is 6.51. The first-order chi connectivity index (χ1) is 13.6. The van der Waals surface area contributed by atoms with Gasteiger partial charge >= 0.3 is 7.12 Å². The smallest absolute Gasteiger partial charge is 0.399 e. The summed E-state index contributed by atoms with van der Waals surface area (Å²) in [5, 5.41) is 0. The van der Waals surface area contributed by atoms with E-state index in [2.05, 4.69) is 72.7 Å². The molecule has 4 rings (SSSR count). The fourth-order valence-electron chi connectivity index (χ4n) is 4.50. The molecule has 0 spiro atoms. The molecule has 1 aromatic carbocycles. The van der Waals surface area contributed by atoms with E-state index < -0.39 is 0 Å². The van der Waals surface area contributed by atoms with Gasteiger partial charge in [-0.3, -0.25) is 0 Å². The molecule has 4 heteroatoms. The molecule has 2 nitrogen and oxygen atoms in total. The third kappa shape index (κ3) is 3.51. The maximum absolute atomic E-state index is 6.30. The number of hydrogen-bond acceptors (Lipinski definition) is 3. The van der Waals surface area contributed by atoms with Crippen molar-refractivity contribution in [3.8, 4) is 10.4 Å². The zero-order valence-corrected chi connectivity index (χ0v) is 20.0. The van der Waals surface area contributed by atoms with Gasteiger partial charge in [-0.1, -0.05) is 58.2 Å². The van der Waals surface area contributed by atoms with Crippen LogP contribution in [0.5, 0.6) is 0 Å². The SMILES string of the molecule is CCCCCCc1cc2c(s1)-c1ccc(B3OC(C)(C)C(C)(C)O3)cc1C2(C)C. The minimum absolute atomic E-state index is 0.0302. The minimum atomic E-state index is -0.308. The Bertz CT molecular complexity index is 894. The first-order valence-electron chi connectivity index (χ1n) is 11.2. The number of hydrogen-bond donors (Lipinski definition) is 0. The van der Waals surface area contributed by atoms with E-state index in [0.717, 1.165) is 5.46 Å². The molecular formula is C25H35BO2S. The molecule has 0 bridgehead atoms. The van der Waals surface area contributed by atoms with Crippen molar-refractivity contribution < 1.29 is 9.31 Å². The summed E-state index contributed by atoms with van der Waals surface area (Å²) in [5.41, 5.74) is 4.84. The molecule has 156 valence electrons. The Morgan fingerprint density at radius 1 is 0.862 bits per heavy atom. The maximum Gasteiger partial charge on any atom is 0.494 e. The van der Waals surface area contributed by atoms with Crippen LogP contribution in [0, 0.1) is 0 Å². The van der Waals surface area contributed by atoms with Crippen LogP contribution in [-0.4, -0.2) is 18.3 Å². The monoisotopic (exact) mass is 410 g/mol. The largest absolute Gasteiger partial charge is 0.494 e. The van der Waals surface area contributed by atoms with Gasteiger partial charge in [0.15, 0.2) is 0 Å². The summed E-state index contributed by atoms with van der Waals surface area (Å²) in [6.45, 7) is 15.5. The van der Waals surface area contributed by atoms with Gasteiger partial charge in [0.05, 0.1) is 11.2 Å². The van der Waals surface area contributed by atoms with Crippen molar-refractivity contribution in [2.75, 3.05) is 0 Å². The topological polar surface area (TPSA) is 18.5 Å². The van der Waals surface area contributed by atoms with Crippen molar-refractivity contribution in [1.29, 1.82) is 0 Å². The van der Waals surface area contributed by atoms with E-state index in [1.807, 2.05) is 11.3 Å². The van der Waals surface area contributed by atoms with Crippen LogP contribution in [-0.2, 0) is 21.1 Å². The van der Waals surface area contributed by atoms with Crippen molar-refractivity contribution in [3.05, 3.63) is 40.3 Å². The quantitative estimate of drug-likeness (QED) is 0.401. The van der Waals surface area contributed by atoms with Crippen LogP contribution in [0.15, 0.2) is 24.3 Å². The molecule has 1 aromatic heterocycles. The van der Waals surface area contributed by atoms with Crippen LogP contribution in [0.4, 0.5) is 0 Å². The number of unbranched alkanes of at least 4 members (excludes halogenated alkanes) is 3. The molecule has 1 saturated heterocycles. The average molecular weight is 410 g/mol. The molecule has 2 aromatic rings. The second-order valence-corrected chi connectivity index (χ2v) is 11.4. The zero-order valence-electron chi connectivity index (χ0n) is 19.1. The van der Waals surface area contributed by atoms with Crippen LogP contribution in [0.3, 0.4) is 0 Å². The first kappa shape index (κ1) is 21.1. The summed E-state index contributed by atoms with van der Waals surface area (Å²) in [5.74, 6) is 0. The molecule has 0 radical (unpaired) electrons. The molecule has 2 aliphatic rings. The van der Waals surface area contributed by atoms with Crippen LogP contribution in [0.1, 0.15) is 90.2 Å². The molecule has 1 aliphatic carbocycles. The van der Waals surface area contributed by atoms with Crippen LogP contribution < -0.4 is 5.46 Å². The molecule has 0 atom stereocenters. The fraction of sp³-hybridized carbons (Fsp3) is 0.600. The molecule has 0 saturated carbocycles. The predicted molar refractivity (Wildman–Crippen MR) is 125 cm³/mol. The Balaban J connectivity index is 1.61. The lowest BCUT2D eigenvalue weighted by Gasteiger charge is -2.32. The van der Waals surface area contributed by atoms with Gasteiger partial charge in [0.2, 0.25) is 0 Å². The number of aryl methyl sites for hydroxylation is 1. The molecule has 0 amide bonds. The lowest BCUT2D eigenvalue weighted by molar-refractivity contribution is 0.00578. The van der Waals surface area contributed by atoms with E-state index in [4.69, 9.17) is 9.31 Å². The van der Waals surface area contributed by atoms with Gasteiger partial charge in [0.1, 0.15) is 0 Å². The van der Waals surface area contributed by atoms with E-state index in [0.29, 0.717) is 0 Å². The molecular weight excluding hydrogens is 375 g/mol. The number of thiophene rings is 1. The van der Waals surface area contributed by atoms with E-state index in [1.165, 1.54) is 53.7 Å². The Kier molecular flexibility index (Phi) is 5.29. The third-order valence-corrected chi connectivity index (χ3v) is 8.45. The lowest BCUT2D eigenvalue weighted by Crippen LogP contribution is -2.41. The highest BCUT2D eigenvalue weighted by atomic mass is 32.1. The van der Waals surface area contributed by atoms with Crippen molar-refractivity contribution in [3.63, 3.8) is 0 Å². The van der Waals surface area contributed by atoms with E-state index in [9.17, 15) is 0 Å². The van der Waals surface area contributed by atoms with Crippen molar-refractivity contribution in [1.82, 2.24) is 0 Å². The Morgan fingerprint density at radius 3 is 2.21 bits per heavy atom. The van der Waals surface area contributed by atoms with Crippen molar-refractivity contribution >= 4 is 23.9 Å². The maximum atomic E-state index is 6.30. The normalized spacial score (nSPS) is 20.7. The molecule has 1 fully saturated rings. The number of rotatable bonds is 6. The third-order valence-electron chi connectivity index (χ3n) is 7.22. The van der Waals surface area contributed by atoms with Crippen LogP contribution >= 0.6 is 11.3 Å². The van der Waals surface area contributed by atoms with E-state index in [1.54, 1.807) is 4.88 Å². The van der Waals surface area contributed by atoms with Gasteiger partial charge in [-0.15, -0.1) is 11.3 Å². The Morgan fingerprint density at radius 2 is 1.55 bits per heavy atom. The van der Waals surface area contributed by atoms with Gasteiger partial charge in [-0.2, -0.15) is 0 Å². The zero-order chi connectivity index (χ0) is 21.0. The van der Waals surface area contributed by atoms with Crippen molar-refractivity contribution in [2.45, 2.75) is 97.2 Å². The van der Waals surface area contributed by atoms with Gasteiger partial charge in [0, 0.05) is 15.2 Å². The number of benzene rings is 1. The highest BCUT2D eigenvalue weighted by Gasteiger charge is 2.52. The van der Waals surface area contributed by atoms with E-state index >= 15 is 0 Å². The Labute approximate surface area is 181 Å². The van der Waals surface area contributed by atoms with Gasteiger partial charge in [0.25, 0.3) is 0 Å². The second-order valence-electron chi connectivity index (χ2n) is 10.3. The van der Waals surface area contributed by atoms with Gasteiger partial charge in [-0.05, 0) is 68.8 Å². The number of fused-ring (bicyclic) bond motifs is 3. The molecule has 1 aliphatic heterocycles. The van der Waals surface area contributed by atoms with Crippen LogP contribution in [0.2, 0.25) is 0 Å². The molecule has 2 heterocycles. The van der Waals surface area contributed by atoms with Gasteiger partial charge < -0.3 is 9.31 Å².